The number of likely N-dealkylation sites (tertiary alicyclic amines) is 1. The fourth-order valence-corrected chi connectivity index (χ4v) is 5.00. The molecule has 33 heavy (non-hydrogen) atoms. The zero-order valence-corrected chi connectivity index (χ0v) is 19.2. The van der Waals surface area contributed by atoms with E-state index in [1.807, 2.05) is 23.1 Å². The van der Waals surface area contributed by atoms with Gasteiger partial charge in [0.25, 0.3) is 0 Å². The molecule has 9 heteroatoms. The predicted molar refractivity (Wildman–Crippen MR) is 123 cm³/mol. The summed E-state index contributed by atoms with van der Waals surface area (Å²) in [5.41, 5.74) is 1.98. The first-order chi connectivity index (χ1) is 15.9. The highest BCUT2D eigenvalue weighted by Crippen LogP contribution is 2.40. The standard InChI is InChI=1S/C24H26N4O4S/c1-33(30,31)19-9-7-17(8-10-19)22-26-23(32-27-22)18-11-13-28(14-12-18)24(29)25-21-15-20(21)16-5-3-2-4-6-16/h2-10,18,20-21H,11-15H2,1H3,(H,25,29). The number of hydrogen-bond acceptors (Lipinski definition) is 6. The Balaban J connectivity index is 1.14. The van der Waals surface area contributed by atoms with Gasteiger partial charge in [-0.25, -0.2) is 13.2 Å². The SMILES string of the molecule is CS(=O)(=O)c1ccc(-c2noc(C3CCN(C(=O)NC4CC4c4ccccc4)CC3)n2)cc1. The molecule has 2 fully saturated rings. The van der Waals surface area contributed by atoms with Crippen LogP contribution in [0.3, 0.4) is 0 Å². The quantitative estimate of drug-likeness (QED) is 0.616. The van der Waals surface area contributed by atoms with Gasteiger partial charge in [-0.05, 0) is 49.1 Å². The van der Waals surface area contributed by atoms with Crippen LogP contribution in [0.4, 0.5) is 4.79 Å². The first kappa shape index (κ1) is 21.6. The number of carbonyl (C=O) groups is 1. The molecule has 5 rings (SSSR count). The summed E-state index contributed by atoms with van der Waals surface area (Å²) in [4.78, 5) is 19.3. The van der Waals surface area contributed by atoms with Gasteiger partial charge in [0.2, 0.25) is 11.7 Å². The van der Waals surface area contributed by atoms with Crippen molar-refractivity contribution in [3.63, 3.8) is 0 Å². The van der Waals surface area contributed by atoms with Crippen molar-refractivity contribution < 1.29 is 17.7 Å². The Morgan fingerprint density at radius 3 is 2.42 bits per heavy atom. The highest BCUT2D eigenvalue weighted by molar-refractivity contribution is 7.90. The van der Waals surface area contributed by atoms with E-state index in [-0.39, 0.29) is 22.9 Å². The van der Waals surface area contributed by atoms with Gasteiger partial charge >= 0.3 is 6.03 Å². The van der Waals surface area contributed by atoms with E-state index in [2.05, 4.69) is 27.6 Å². The Kier molecular flexibility index (Phi) is 5.65. The maximum Gasteiger partial charge on any atom is 0.317 e. The smallest absolute Gasteiger partial charge is 0.317 e. The van der Waals surface area contributed by atoms with Crippen molar-refractivity contribution >= 4 is 15.9 Å². The van der Waals surface area contributed by atoms with Crippen LogP contribution >= 0.6 is 0 Å². The summed E-state index contributed by atoms with van der Waals surface area (Å²) < 4.78 is 28.7. The number of sulfone groups is 1. The summed E-state index contributed by atoms with van der Waals surface area (Å²) >= 11 is 0. The van der Waals surface area contributed by atoms with Crippen LogP contribution in [0.2, 0.25) is 0 Å². The Labute approximate surface area is 192 Å². The highest BCUT2D eigenvalue weighted by atomic mass is 32.2. The van der Waals surface area contributed by atoms with Crippen molar-refractivity contribution in [3.05, 3.63) is 66.1 Å². The normalized spacial score (nSPS) is 21.1. The molecule has 1 saturated carbocycles. The molecule has 3 aromatic rings. The van der Waals surface area contributed by atoms with Gasteiger partial charge in [0.15, 0.2) is 9.84 Å². The van der Waals surface area contributed by atoms with Crippen molar-refractivity contribution in [2.45, 2.75) is 42.0 Å². The molecule has 0 spiro atoms. The Bertz CT molecular complexity index is 1230. The molecule has 2 aliphatic rings. The van der Waals surface area contributed by atoms with E-state index in [0.717, 1.165) is 19.3 Å². The molecule has 2 aromatic carbocycles. The molecular formula is C24H26N4O4S. The van der Waals surface area contributed by atoms with E-state index in [4.69, 9.17) is 4.52 Å². The van der Waals surface area contributed by atoms with Crippen LogP contribution in [0, 0.1) is 0 Å². The van der Waals surface area contributed by atoms with Crippen LogP contribution in [0.25, 0.3) is 11.4 Å². The van der Waals surface area contributed by atoms with Crippen LogP contribution in [0.15, 0.2) is 64.0 Å². The third-order valence-electron chi connectivity index (χ3n) is 6.44. The second kappa shape index (κ2) is 8.62. The maximum absolute atomic E-state index is 12.7. The first-order valence-corrected chi connectivity index (χ1v) is 13.0. The number of hydrogen-bond donors (Lipinski definition) is 1. The van der Waals surface area contributed by atoms with E-state index in [1.165, 1.54) is 11.8 Å². The fraction of sp³-hybridized carbons (Fsp3) is 0.375. The van der Waals surface area contributed by atoms with Crippen molar-refractivity contribution in [1.29, 1.82) is 0 Å². The second-order valence-electron chi connectivity index (χ2n) is 8.82. The zero-order valence-electron chi connectivity index (χ0n) is 18.3. The van der Waals surface area contributed by atoms with Crippen LogP contribution in [-0.4, -0.2) is 54.9 Å². The summed E-state index contributed by atoms with van der Waals surface area (Å²) in [7, 11) is -3.25. The lowest BCUT2D eigenvalue weighted by atomic mass is 9.97. The van der Waals surface area contributed by atoms with Crippen LogP contribution in [0.5, 0.6) is 0 Å². The van der Waals surface area contributed by atoms with E-state index < -0.39 is 9.84 Å². The zero-order chi connectivity index (χ0) is 23.0. The van der Waals surface area contributed by atoms with E-state index in [0.29, 0.717) is 36.3 Å². The van der Waals surface area contributed by atoms with Gasteiger partial charge in [-0.15, -0.1) is 0 Å². The average Bonchev–Trinajstić information content (AvgIpc) is 3.41. The minimum atomic E-state index is -3.25. The monoisotopic (exact) mass is 466 g/mol. The largest absolute Gasteiger partial charge is 0.339 e. The minimum absolute atomic E-state index is 0.00549. The van der Waals surface area contributed by atoms with Gasteiger partial charge in [0, 0.05) is 42.8 Å². The summed E-state index contributed by atoms with van der Waals surface area (Å²) in [6, 6.07) is 16.9. The van der Waals surface area contributed by atoms with Gasteiger partial charge in [-0.1, -0.05) is 35.5 Å². The molecule has 2 amide bonds. The molecule has 0 radical (unpaired) electrons. The summed E-state index contributed by atoms with van der Waals surface area (Å²) in [5.74, 6) is 1.51. The lowest BCUT2D eigenvalue weighted by Crippen LogP contribution is -2.45. The number of carbonyl (C=O) groups excluding carboxylic acids is 1. The first-order valence-electron chi connectivity index (χ1n) is 11.1. The van der Waals surface area contributed by atoms with E-state index >= 15 is 0 Å². The van der Waals surface area contributed by atoms with Gasteiger partial charge in [-0.3, -0.25) is 0 Å². The lowest BCUT2D eigenvalue weighted by molar-refractivity contribution is 0.174. The highest BCUT2D eigenvalue weighted by Gasteiger charge is 2.40. The molecule has 1 aliphatic heterocycles. The molecule has 172 valence electrons. The Morgan fingerprint density at radius 1 is 1.06 bits per heavy atom. The number of rotatable bonds is 5. The maximum atomic E-state index is 12.7. The predicted octanol–water partition coefficient (Wildman–Crippen LogP) is 3.59. The van der Waals surface area contributed by atoms with E-state index in [1.54, 1.807) is 24.3 Å². The number of benzene rings is 2. The summed E-state index contributed by atoms with van der Waals surface area (Å²) in [5, 5.41) is 7.22. The fourth-order valence-electron chi connectivity index (χ4n) is 4.37. The molecule has 1 saturated heterocycles. The Hall–Kier alpha value is -3.20. The minimum Gasteiger partial charge on any atom is -0.339 e. The third kappa shape index (κ3) is 4.78. The number of nitrogens with one attached hydrogen (secondary N) is 1. The molecule has 1 aromatic heterocycles. The number of amides is 2. The van der Waals surface area contributed by atoms with Crippen LogP contribution < -0.4 is 5.32 Å². The molecule has 1 aliphatic carbocycles. The number of piperidine rings is 1. The van der Waals surface area contributed by atoms with Crippen molar-refractivity contribution in [2.24, 2.45) is 0 Å². The number of urea groups is 1. The van der Waals surface area contributed by atoms with Gasteiger partial charge in [0.05, 0.1) is 4.90 Å². The number of aromatic nitrogens is 2. The summed E-state index contributed by atoms with van der Waals surface area (Å²) in [6.07, 6.45) is 3.68. The molecule has 2 atom stereocenters. The van der Waals surface area contributed by atoms with Crippen LogP contribution in [-0.2, 0) is 9.84 Å². The molecule has 2 heterocycles. The molecular weight excluding hydrogens is 440 g/mol. The van der Waals surface area contributed by atoms with Crippen LogP contribution in [0.1, 0.15) is 42.6 Å². The van der Waals surface area contributed by atoms with Crippen molar-refractivity contribution in [1.82, 2.24) is 20.4 Å². The van der Waals surface area contributed by atoms with Gasteiger partial charge < -0.3 is 14.7 Å². The Morgan fingerprint density at radius 2 is 1.76 bits per heavy atom. The average molecular weight is 467 g/mol. The molecule has 1 N–H and O–H groups in total. The van der Waals surface area contributed by atoms with Crippen molar-refractivity contribution in [3.8, 4) is 11.4 Å². The summed E-state index contributed by atoms with van der Waals surface area (Å²) in [6.45, 7) is 1.28. The van der Waals surface area contributed by atoms with Gasteiger partial charge in [-0.2, -0.15) is 4.98 Å². The molecule has 0 bridgehead atoms. The lowest BCUT2D eigenvalue weighted by Gasteiger charge is -2.30. The molecule has 2 unspecified atom stereocenters. The topological polar surface area (TPSA) is 105 Å². The second-order valence-corrected chi connectivity index (χ2v) is 10.8. The third-order valence-corrected chi connectivity index (χ3v) is 7.57. The van der Waals surface area contributed by atoms with Crippen molar-refractivity contribution in [2.75, 3.05) is 19.3 Å². The molecule has 8 nitrogen and oxygen atoms in total. The van der Waals surface area contributed by atoms with E-state index in [9.17, 15) is 13.2 Å². The van der Waals surface area contributed by atoms with Gasteiger partial charge in [0.1, 0.15) is 0 Å². The number of nitrogens with zero attached hydrogens (tertiary/aromatic N) is 3.